The van der Waals surface area contributed by atoms with Crippen LogP contribution in [0.2, 0.25) is 10.0 Å². The first kappa shape index (κ1) is 15.8. The Bertz CT molecular complexity index is 644. The Labute approximate surface area is 134 Å². The summed E-state index contributed by atoms with van der Waals surface area (Å²) in [5, 5.41) is 4.57. The molecule has 0 amide bonds. The molecule has 21 heavy (non-hydrogen) atoms. The van der Waals surface area contributed by atoms with Crippen molar-refractivity contribution in [3.05, 3.63) is 51.5 Å². The number of ether oxygens (including phenoxy) is 2. The van der Waals surface area contributed by atoms with Gasteiger partial charge in [-0.3, -0.25) is 0 Å². The Morgan fingerprint density at radius 2 is 1.76 bits per heavy atom. The van der Waals surface area contributed by atoms with Crippen LogP contribution in [0.15, 0.2) is 30.3 Å². The van der Waals surface area contributed by atoms with Gasteiger partial charge in [0.1, 0.15) is 0 Å². The Morgan fingerprint density at radius 3 is 2.38 bits per heavy atom. The topological polar surface area (TPSA) is 30.5 Å². The average Bonchev–Trinajstić information content (AvgIpc) is 2.47. The first-order chi connectivity index (χ1) is 10.0. The lowest BCUT2D eigenvalue weighted by Crippen LogP contribution is -2.01. The molecule has 0 radical (unpaired) electrons. The molecular weight excluding hydrogens is 309 g/mol. The number of halogens is 2. The van der Waals surface area contributed by atoms with E-state index in [1.807, 2.05) is 37.3 Å². The third-order valence-electron chi connectivity index (χ3n) is 3.16. The molecule has 0 bridgehead atoms. The summed E-state index contributed by atoms with van der Waals surface area (Å²) < 4.78 is 10.5. The van der Waals surface area contributed by atoms with Crippen molar-refractivity contribution >= 4 is 28.9 Å². The molecule has 5 heteroatoms. The molecule has 2 rings (SSSR count). The van der Waals surface area contributed by atoms with E-state index in [1.54, 1.807) is 14.2 Å². The summed E-state index contributed by atoms with van der Waals surface area (Å²) in [5.74, 6) is 1.16. The van der Waals surface area contributed by atoms with Gasteiger partial charge in [-0.05, 0) is 42.3 Å². The van der Waals surface area contributed by atoms with Crippen molar-refractivity contribution in [3.8, 4) is 11.5 Å². The predicted octanol–water partition coefficient (Wildman–Crippen LogP) is 4.93. The van der Waals surface area contributed by atoms with Gasteiger partial charge in [-0.2, -0.15) is 0 Å². The summed E-state index contributed by atoms with van der Waals surface area (Å²) in [6.07, 6.45) is 0. The van der Waals surface area contributed by atoms with Crippen LogP contribution in [-0.2, 0) is 6.54 Å². The van der Waals surface area contributed by atoms with Gasteiger partial charge in [0, 0.05) is 17.3 Å². The number of hydrogen-bond donors (Lipinski definition) is 1. The Balaban J connectivity index is 2.16. The zero-order valence-corrected chi connectivity index (χ0v) is 13.7. The SMILES string of the molecule is COc1cc(CNc2ccc(C)c(Cl)c2)cc(Cl)c1OC. The zero-order chi connectivity index (χ0) is 15.4. The summed E-state index contributed by atoms with van der Waals surface area (Å²) >= 11 is 12.3. The van der Waals surface area contributed by atoms with Gasteiger partial charge in [0.2, 0.25) is 0 Å². The van der Waals surface area contributed by atoms with E-state index in [2.05, 4.69) is 5.32 Å². The summed E-state index contributed by atoms with van der Waals surface area (Å²) in [5.41, 5.74) is 3.00. The monoisotopic (exact) mass is 325 g/mol. The average molecular weight is 326 g/mol. The number of aryl methyl sites for hydroxylation is 1. The van der Waals surface area contributed by atoms with E-state index < -0.39 is 0 Å². The molecule has 0 saturated carbocycles. The molecule has 0 atom stereocenters. The molecule has 0 saturated heterocycles. The maximum Gasteiger partial charge on any atom is 0.179 e. The van der Waals surface area contributed by atoms with E-state index in [-0.39, 0.29) is 0 Å². The number of methoxy groups -OCH3 is 2. The lowest BCUT2D eigenvalue weighted by molar-refractivity contribution is 0.355. The van der Waals surface area contributed by atoms with Crippen LogP contribution in [0.5, 0.6) is 11.5 Å². The smallest absolute Gasteiger partial charge is 0.179 e. The molecule has 2 aromatic rings. The van der Waals surface area contributed by atoms with Crippen LogP contribution in [0, 0.1) is 6.92 Å². The van der Waals surface area contributed by atoms with E-state index in [0.29, 0.717) is 23.1 Å². The quantitative estimate of drug-likeness (QED) is 0.845. The second kappa shape index (κ2) is 6.92. The Hall–Kier alpha value is -1.58. The fourth-order valence-electron chi connectivity index (χ4n) is 1.98. The molecule has 1 N–H and O–H groups in total. The van der Waals surface area contributed by atoms with Gasteiger partial charge >= 0.3 is 0 Å². The molecular formula is C16H17Cl2NO2. The highest BCUT2D eigenvalue weighted by Gasteiger charge is 2.10. The zero-order valence-electron chi connectivity index (χ0n) is 12.2. The summed E-state index contributed by atoms with van der Waals surface area (Å²) in [6, 6.07) is 9.62. The van der Waals surface area contributed by atoms with Gasteiger partial charge in [-0.1, -0.05) is 29.3 Å². The van der Waals surface area contributed by atoms with Crippen LogP contribution in [0.1, 0.15) is 11.1 Å². The molecule has 3 nitrogen and oxygen atoms in total. The minimum Gasteiger partial charge on any atom is -0.493 e. The van der Waals surface area contributed by atoms with Gasteiger partial charge in [-0.25, -0.2) is 0 Å². The van der Waals surface area contributed by atoms with Gasteiger partial charge in [0.05, 0.1) is 19.2 Å². The number of anilines is 1. The number of nitrogens with one attached hydrogen (secondary N) is 1. The molecule has 0 spiro atoms. The summed E-state index contributed by atoms with van der Waals surface area (Å²) in [6.45, 7) is 2.58. The molecule has 112 valence electrons. The molecule has 0 unspecified atom stereocenters. The third kappa shape index (κ3) is 3.74. The second-order valence-corrected chi connectivity index (χ2v) is 5.45. The highest BCUT2D eigenvalue weighted by Crippen LogP contribution is 2.36. The normalized spacial score (nSPS) is 10.3. The third-order valence-corrected chi connectivity index (χ3v) is 3.85. The molecule has 0 aliphatic carbocycles. The summed E-state index contributed by atoms with van der Waals surface area (Å²) in [4.78, 5) is 0. The van der Waals surface area contributed by atoms with E-state index in [0.717, 1.165) is 21.8 Å². The Kier molecular flexibility index (Phi) is 5.21. The molecule has 0 heterocycles. The minimum absolute atomic E-state index is 0.524. The van der Waals surface area contributed by atoms with Gasteiger partial charge < -0.3 is 14.8 Å². The van der Waals surface area contributed by atoms with E-state index in [1.165, 1.54) is 0 Å². The van der Waals surface area contributed by atoms with Crippen molar-refractivity contribution in [2.24, 2.45) is 0 Å². The number of hydrogen-bond acceptors (Lipinski definition) is 3. The lowest BCUT2D eigenvalue weighted by atomic mass is 10.2. The summed E-state index contributed by atoms with van der Waals surface area (Å²) in [7, 11) is 3.15. The predicted molar refractivity (Wildman–Crippen MR) is 88.1 cm³/mol. The first-order valence-electron chi connectivity index (χ1n) is 6.45. The second-order valence-electron chi connectivity index (χ2n) is 4.63. The van der Waals surface area contributed by atoms with Gasteiger partial charge in [0.15, 0.2) is 11.5 Å². The van der Waals surface area contributed by atoms with Crippen LogP contribution in [0.4, 0.5) is 5.69 Å². The molecule has 0 fully saturated rings. The highest BCUT2D eigenvalue weighted by atomic mass is 35.5. The number of benzene rings is 2. The van der Waals surface area contributed by atoms with Crippen molar-refractivity contribution in [1.82, 2.24) is 0 Å². The van der Waals surface area contributed by atoms with Crippen LogP contribution in [0.25, 0.3) is 0 Å². The molecule has 0 aliphatic rings. The van der Waals surface area contributed by atoms with Crippen LogP contribution in [0.3, 0.4) is 0 Å². The first-order valence-corrected chi connectivity index (χ1v) is 7.21. The van der Waals surface area contributed by atoms with Gasteiger partial charge in [0.25, 0.3) is 0 Å². The van der Waals surface area contributed by atoms with Crippen molar-refractivity contribution in [2.75, 3.05) is 19.5 Å². The Morgan fingerprint density at radius 1 is 1.00 bits per heavy atom. The van der Waals surface area contributed by atoms with Gasteiger partial charge in [-0.15, -0.1) is 0 Å². The van der Waals surface area contributed by atoms with Crippen molar-refractivity contribution in [2.45, 2.75) is 13.5 Å². The van der Waals surface area contributed by atoms with Crippen LogP contribution < -0.4 is 14.8 Å². The fraction of sp³-hybridized carbons (Fsp3) is 0.250. The van der Waals surface area contributed by atoms with Crippen molar-refractivity contribution in [3.63, 3.8) is 0 Å². The molecule has 2 aromatic carbocycles. The van der Waals surface area contributed by atoms with Crippen molar-refractivity contribution < 1.29 is 9.47 Å². The largest absolute Gasteiger partial charge is 0.493 e. The molecule has 0 aliphatic heterocycles. The maximum absolute atomic E-state index is 6.19. The fourth-order valence-corrected chi connectivity index (χ4v) is 2.47. The van der Waals surface area contributed by atoms with E-state index in [4.69, 9.17) is 32.7 Å². The maximum atomic E-state index is 6.19. The minimum atomic E-state index is 0.524. The van der Waals surface area contributed by atoms with Crippen LogP contribution >= 0.6 is 23.2 Å². The van der Waals surface area contributed by atoms with Crippen molar-refractivity contribution in [1.29, 1.82) is 0 Å². The lowest BCUT2D eigenvalue weighted by Gasteiger charge is -2.13. The number of rotatable bonds is 5. The van der Waals surface area contributed by atoms with Crippen LogP contribution in [-0.4, -0.2) is 14.2 Å². The highest BCUT2D eigenvalue weighted by molar-refractivity contribution is 6.32. The van der Waals surface area contributed by atoms with E-state index >= 15 is 0 Å². The standard InChI is InChI=1S/C16H17Cl2NO2/c1-10-4-5-12(8-13(10)17)19-9-11-6-14(18)16(21-3)15(7-11)20-2/h4-8,19H,9H2,1-3H3. The van der Waals surface area contributed by atoms with E-state index in [9.17, 15) is 0 Å². The molecule has 0 aromatic heterocycles.